The highest BCUT2D eigenvalue weighted by atomic mass is 79.9. The van der Waals surface area contributed by atoms with Crippen LogP contribution in [-0.2, 0) is 6.54 Å². The third-order valence-electron chi connectivity index (χ3n) is 2.82. The van der Waals surface area contributed by atoms with E-state index in [1.807, 2.05) is 0 Å². The lowest BCUT2D eigenvalue weighted by Crippen LogP contribution is -2.00. The molecule has 2 aromatic rings. The van der Waals surface area contributed by atoms with Crippen molar-refractivity contribution in [1.82, 2.24) is 9.36 Å². The predicted molar refractivity (Wildman–Crippen MR) is 73.3 cm³/mol. The monoisotopic (exact) mass is 327 g/mol. The molecule has 1 heterocycles. The highest BCUT2D eigenvalue weighted by Gasteiger charge is 2.27. The molecule has 94 valence electrons. The second-order valence-corrected chi connectivity index (χ2v) is 5.93. The van der Waals surface area contributed by atoms with Crippen molar-refractivity contribution in [3.05, 3.63) is 39.9 Å². The van der Waals surface area contributed by atoms with Gasteiger partial charge in [-0.1, -0.05) is 15.9 Å². The van der Waals surface area contributed by atoms with Crippen molar-refractivity contribution in [3.63, 3.8) is 0 Å². The lowest BCUT2D eigenvalue weighted by Gasteiger charge is -2.05. The summed E-state index contributed by atoms with van der Waals surface area (Å²) in [4.78, 5) is 4.43. The molecule has 1 aliphatic carbocycles. The van der Waals surface area contributed by atoms with E-state index in [1.54, 1.807) is 6.07 Å². The zero-order chi connectivity index (χ0) is 12.5. The summed E-state index contributed by atoms with van der Waals surface area (Å²) in [6, 6.07) is 4.66. The van der Waals surface area contributed by atoms with Gasteiger partial charge >= 0.3 is 0 Å². The molecule has 0 unspecified atom stereocenters. The van der Waals surface area contributed by atoms with Crippen molar-refractivity contribution in [2.45, 2.75) is 25.3 Å². The molecule has 1 N–H and O–H groups in total. The van der Waals surface area contributed by atoms with E-state index in [0.29, 0.717) is 12.5 Å². The average molecular weight is 328 g/mol. The molecule has 0 atom stereocenters. The van der Waals surface area contributed by atoms with Crippen LogP contribution >= 0.6 is 27.5 Å². The van der Waals surface area contributed by atoms with E-state index in [9.17, 15) is 4.39 Å². The van der Waals surface area contributed by atoms with Crippen LogP contribution in [0.25, 0.3) is 0 Å². The summed E-state index contributed by atoms with van der Waals surface area (Å²) in [5.41, 5.74) is 0.873. The molecule has 0 amide bonds. The lowest BCUT2D eigenvalue weighted by molar-refractivity contribution is 0.625. The van der Waals surface area contributed by atoms with Crippen molar-refractivity contribution < 1.29 is 4.39 Å². The molecule has 0 bridgehead atoms. The molecule has 0 spiro atoms. The van der Waals surface area contributed by atoms with E-state index in [0.717, 1.165) is 21.0 Å². The molecular formula is C12H11BrFN3S. The predicted octanol–water partition coefficient (Wildman–Crippen LogP) is 3.93. The first-order chi connectivity index (χ1) is 8.72. The van der Waals surface area contributed by atoms with Crippen LogP contribution in [0.5, 0.6) is 0 Å². The van der Waals surface area contributed by atoms with Crippen molar-refractivity contribution >= 4 is 32.6 Å². The number of rotatable bonds is 4. The summed E-state index contributed by atoms with van der Waals surface area (Å²) in [5, 5.41) is 3.98. The SMILES string of the molecule is Fc1ccc(Br)c(CNc2nc(C3CC3)ns2)c1. The van der Waals surface area contributed by atoms with Gasteiger partial charge < -0.3 is 5.32 Å². The summed E-state index contributed by atoms with van der Waals surface area (Å²) >= 11 is 4.77. The molecule has 3 nitrogen and oxygen atoms in total. The van der Waals surface area contributed by atoms with Gasteiger partial charge in [0.05, 0.1) is 0 Å². The first-order valence-corrected chi connectivity index (χ1v) is 7.30. The number of halogens is 2. The van der Waals surface area contributed by atoms with Crippen molar-refractivity contribution in [3.8, 4) is 0 Å². The second-order valence-electron chi connectivity index (χ2n) is 4.32. The number of hydrogen-bond acceptors (Lipinski definition) is 4. The van der Waals surface area contributed by atoms with Crippen LogP contribution in [0.15, 0.2) is 22.7 Å². The minimum atomic E-state index is -0.231. The van der Waals surface area contributed by atoms with Crippen molar-refractivity contribution in [2.75, 3.05) is 5.32 Å². The lowest BCUT2D eigenvalue weighted by atomic mass is 10.2. The molecule has 1 aliphatic rings. The quantitative estimate of drug-likeness (QED) is 0.924. The van der Waals surface area contributed by atoms with Crippen LogP contribution < -0.4 is 5.32 Å². The highest BCUT2D eigenvalue weighted by molar-refractivity contribution is 9.10. The van der Waals surface area contributed by atoms with E-state index in [1.165, 1.54) is 36.5 Å². The zero-order valence-electron chi connectivity index (χ0n) is 9.49. The maximum atomic E-state index is 13.1. The highest BCUT2D eigenvalue weighted by Crippen LogP contribution is 2.39. The molecule has 1 aromatic carbocycles. The summed E-state index contributed by atoms with van der Waals surface area (Å²) in [6.07, 6.45) is 2.40. The van der Waals surface area contributed by atoms with Crippen molar-refractivity contribution in [1.29, 1.82) is 0 Å². The Bertz CT molecular complexity index is 568. The third kappa shape index (κ3) is 2.70. The summed E-state index contributed by atoms with van der Waals surface area (Å²) in [5.74, 6) is 1.28. The van der Waals surface area contributed by atoms with E-state index >= 15 is 0 Å². The number of nitrogens with zero attached hydrogens (tertiary/aromatic N) is 2. The Morgan fingerprint density at radius 1 is 1.44 bits per heavy atom. The topological polar surface area (TPSA) is 37.8 Å². The number of aromatic nitrogens is 2. The Balaban J connectivity index is 1.67. The maximum Gasteiger partial charge on any atom is 0.202 e. The molecular weight excluding hydrogens is 317 g/mol. The van der Waals surface area contributed by atoms with Gasteiger partial charge in [0.15, 0.2) is 0 Å². The van der Waals surface area contributed by atoms with Crippen LogP contribution in [0.2, 0.25) is 0 Å². The van der Waals surface area contributed by atoms with Crippen LogP contribution in [0, 0.1) is 5.82 Å². The Kier molecular flexibility index (Phi) is 3.30. The number of hydrogen-bond donors (Lipinski definition) is 1. The molecule has 18 heavy (non-hydrogen) atoms. The van der Waals surface area contributed by atoms with Crippen LogP contribution in [-0.4, -0.2) is 9.36 Å². The van der Waals surface area contributed by atoms with Crippen LogP contribution in [0.3, 0.4) is 0 Å². The standard InChI is InChI=1S/C12H11BrFN3S/c13-10-4-3-9(14)5-8(10)6-15-12-16-11(17-18-12)7-1-2-7/h3-5,7H,1-2,6H2,(H,15,16,17). The van der Waals surface area contributed by atoms with Crippen molar-refractivity contribution in [2.24, 2.45) is 0 Å². The van der Waals surface area contributed by atoms with E-state index < -0.39 is 0 Å². The molecule has 3 rings (SSSR count). The summed E-state index contributed by atoms with van der Waals surface area (Å²) in [6.45, 7) is 0.539. The Morgan fingerprint density at radius 3 is 3.06 bits per heavy atom. The largest absolute Gasteiger partial charge is 0.356 e. The first kappa shape index (κ1) is 12.0. The molecule has 1 saturated carbocycles. The second kappa shape index (κ2) is 4.93. The molecule has 0 radical (unpaired) electrons. The molecule has 0 aliphatic heterocycles. The molecule has 6 heteroatoms. The third-order valence-corrected chi connectivity index (χ3v) is 4.28. The van der Waals surface area contributed by atoms with Gasteiger partial charge in [0.2, 0.25) is 5.13 Å². The van der Waals surface area contributed by atoms with Gasteiger partial charge in [-0.3, -0.25) is 0 Å². The van der Waals surface area contributed by atoms with Gasteiger partial charge in [-0.2, -0.15) is 4.37 Å². The zero-order valence-corrected chi connectivity index (χ0v) is 11.9. The summed E-state index contributed by atoms with van der Waals surface area (Å²) < 4.78 is 18.3. The minimum Gasteiger partial charge on any atom is -0.356 e. The maximum absolute atomic E-state index is 13.1. The van der Waals surface area contributed by atoms with E-state index in [2.05, 4.69) is 30.6 Å². The number of nitrogens with one attached hydrogen (secondary N) is 1. The number of anilines is 1. The fraction of sp³-hybridized carbons (Fsp3) is 0.333. The Hall–Kier alpha value is -1.01. The van der Waals surface area contributed by atoms with Crippen LogP contribution in [0.1, 0.15) is 30.1 Å². The van der Waals surface area contributed by atoms with E-state index in [4.69, 9.17) is 0 Å². The van der Waals surface area contributed by atoms with Gasteiger partial charge in [-0.25, -0.2) is 9.37 Å². The summed E-state index contributed by atoms with van der Waals surface area (Å²) in [7, 11) is 0. The minimum absolute atomic E-state index is 0.231. The van der Waals surface area contributed by atoms with Gasteiger partial charge in [-0.05, 0) is 36.6 Å². The normalized spacial score (nSPS) is 14.8. The number of benzene rings is 1. The molecule has 0 saturated heterocycles. The molecule has 1 aromatic heterocycles. The van der Waals surface area contributed by atoms with Gasteiger partial charge in [-0.15, -0.1) is 0 Å². The van der Waals surface area contributed by atoms with Gasteiger partial charge in [0.1, 0.15) is 11.6 Å². The van der Waals surface area contributed by atoms with Gasteiger partial charge in [0.25, 0.3) is 0 Å². The fourth-order valence-corrected chi connectivity index (χ4v) is 2.69. The van der Waals surface area contributed by atoms with Gasteiger partial charge in [0, 0.05) is 28.5 Å². The van der Waals surface area contributed by atoms with E-state index in [-0.39, 0.29) is 5.82 Å². The Morgan fingerprint density at radius 2 is 2.28 bits per heavy atom. The van der Waals surface area contributed by atoms with Crippen LogP contribution in [0.4, 0.5) is 9.52 Å². The molecule has 1 fully saturated rings. The fourth-order valence-electron chi connectivity index (χ4n) is 1.66. The first-order valence-electron chi connectivity index (χ1n) is 5.74. The average Bonchev–Trinajstić information content (AvgIpc) is 3.10. The smallest absolute Gasteiger partial charge is 0.202 e. The Labute approximate surface area is 117 Å².